The number of aryl methyl sites for hydroxylation is 1. The normalized spacial score (nSPS) is 11.2. The van der Waals surface area contributed by atoms with Gasteiger partial charge in [0, 0.05) is 11.6 Å². The van der Waals surface area contributed by atoms with Gasteiger partial charge in [0.2, 0.25) is 0 Å². The van der Waals surface area contributed by atoms with Gasteiger partial charge in [0.05, 0.1) is 22.7 Å². The highest BCUT2D eigenvalue weighted by atomic mass is 35.5. The fourth-order valence-corrected chi connectivity index (χ4v) is 5.05. The number of hydrogen-bond acceptors (Lipinski definition) is 3. The van der Waals surface area contributed by atoms with Crippen LogP contribution in [0.3, 0.4) is 0 Å². The zero-order chi connectivity index (χ0) is 23.8. The second kappa shape index (κ2) is 11.3. The van der Waals surface area contributed by atoms with Gasteiger partial charge in [-0.05, 0) is 55.3 Å². The molecule has 0 saturated carbocycles. The number of benzene rings is 3. The molecule has 3 aromatic rings. The van der Waals surface area contributed by atoms with Crippen LogP contribution in [0.15, 0.2) is 77.7 Å². The molecule has 3 rings (SSSR count). The smallest absolute Gasteiger partial charge is 0.264 e. The lowest BCUT2D eigenvalue weighted by atomic mass is 10.1. The van der Waals surface area contributed by atoms with Crippen molar-refractivity contribution in [2.45, 2.75) is 44.6 Å². The number of amides is 1. The number of nitrogens with zero attached hydrogens (tertiary/aromatic N) is 1. The van der Waals surface area contributed by atoms with Crippen molar-refractivity contribution in [2.24, 2.45) is 0 Å². The summed E-state index contributed by atoms with van der Waals surface area (Å²) in [6.07, 6.45) is 2.95. The van der Waals surface area contributed by atoms with Gasteiger partial charge in [-0.15, -0.1) is 0 Å². The molecule has 0 aliphatic heterocycles. The van der Waals surface area contributed by atoms with E-state index in [0.29, 0.717) is 22.8 Å². The van der Waals surface area contributed by atoms with Gasteiger partial charge in [-0.2, -0.15) is 0 Å². The first kappa shape index (κ1) is 24.8. The SMILES string of the molecule is CCCCCNC(=O)c1ccccc1N(Cc1ccc(Cl)cc1)S(=O)(=O)c1ccc(C)cc1. The molecule has 0 unspecified atom stereocenters. The third kappa shape index (κ3) is 6.36. The zero-order valence-corrected chi connectivity index (χ0v) is 20.5. The standard InChI is InChI=1S/C26H29ClN2O3S/c1-3-4-7-18-28-26(30)24-8-5-6-9-25(24)29(19-21-12-14-22(27)15-13-21)33(31,32)23-16-10-20(2)11-17-23/h5-6,8-17H,3-4,7,18-19H2,1-2H3,(H,28,30). The summed E-state index contributed by atoms with van der Waals surface area (Å²) in [5, 5.41) is 3.49. The average molecular weight is 485 g/mol. The molecule has 0 spiro atoms. The Hall–Kier alpha value is -2.83. The minimum atomic E-state index is -3.94. The first-order valence-electron chi connectivity index (χ1n) is 11.0. The molecule has 0 atom stereocenters. The van der Waals surface area contributed by atoms with Crippen LogP contribution in [0.5, 0.6) is 0 Å². The molecule has 0 aliphatic carbocycles. The number of carbonyl (C=O) groups is 1. The van der Waals surface area contributed by atoms with Crippen molar-refractivity contribution in [3.8, 4) is 0 Å². The van der Waals surface area contributed by atoms with Crippen LogP contribution in [0.1, 0.15) is 47.7 Å². The molecule has 0 fully saturated rings. The van der Waals surface area contributed by atoms with Gasteiger partial charge in [-0.3, -0.25) is 9.10 Å². The lowest BCUT2D eigenvalue weighted by molar-refractivity contribution is 0.0953. The zero-order valence-electron chi connectivity index (χ0n) is 18.9. The van der Waals surface area contributed by atoms with E-state index in [0.717, 1.165) is 30.4 Å². The minimum Gasteiger partial charge on any atom is -0.352 e. The number of hydrogen-bond donors (Lipinski definition) is 1. The Labute approximate surface area is 201 Å². The summed E-state index contributed by atoms with van der Waals surface area (Å²) in [5.74, 6) is -0.290. The number of unbranched alkanes of at least 4 members (excludes halogenated alkanes) is 2. The molecule has 0 aliphatic rings. The maximum absolute atomic E-state index is 13.8. The first-order chi connectivity index (χ1) is 15.8. The summed E-state index contributed by atoms with van der Waals surface area (Å²) in [6.45, 7) is 4.61. The first-order valence-corrected chi connectivity index (χ1v) is 12.9. The van der Waals surface area contributed by atoms with Gasteiger partial charge in [-0.25, -0.2) is 8.42 Å². The van der Waals surface area contributed by atoms with Gasteiger partial charge in [0.1, 0.15) is 0 Å². The molecular weight excluding hydrogens is 456 g/mol. The number of para-hydroxylation sites is 1. The van der Waals surface area contributed by atoms with E-state index in [-0.39, 0.29) is 17.3 Å². The third-order valence-corrected chi connectivity index (χ3v) is 7.36. The molecule has 0 heterocycles. The molecule has 0 saturated heterocycles. The van der Waals surface area contributed by atoms with E-state index < -0.39 is 10.0 Å². The Morgan fingerprint density at radius 2 is 1.61 bits per heavy atom. The maximum Gasteiger partial charge on any atom is 0.264 e. The molecule has 3 aromatic carbocycles. The van der Waals surface area contributed by atoms with E-state index in [1.807, 2.05) is 6.92 Å². The molecule has 0 bridgehead atoms. The second-order valence-corrected chi connectivity index (χ2v) is 10.2. The van der Waals surface area contributed by atoms with E-state index in [1.165, 1.54) is 4.31 Å². The fraction of sp³-hybridized carbons (Fsp3) is 0.269. The molecule has 1 amide bonds. The summed E-state index contributed by atoms with van der Waals surface area (Å²) < 4.78 is 28.8. The number of sulfonamides is 1. The second-order valence-electron chi connectivity index (χ2n) is 7.93. The highest BCUT2D eigenvalue weighted by molar-refractivity contribution is 7.92. The Bertz CT molecular complexity index is 1180. The molecule has 174 valence electrons. The minimum absolute atomic E-state index is 0.0630. The monoisotopic (exact) mass is 484 g/mol. The number of anilines is 1. The van der Waals surface area contributed by atoms with E-state index in [9.17, 15) is 13.2 Å². The number of carbonyl (C=O) groups excluding carboxylic acids is 1. The molecule has 7 heteroatoms. The van der Waals surface area contributed by atoms with E-state index in [2.05, 4.69) is 12.2 Å². The summed E-state index contributed by atoms with van der Waals surface area (Å²) in [4.78, 5) is 13.2. The van der Waals surface area contributed by atoms with E-state index >= 15 is 0 Å². The van der Waals surface area contributed by atoms with E-state index in [4.69, 9.17) is 11.6 Å². The topological polar surface area (TPSA) is 66.5 Å². The maximum atomic E-state index is 13.8. The predicted molar refractivity (Wildman–Crippen MR) is 134 cm³/mol. The van der Waals surface area contributed by atoms with Crippen LogP contribution in [0.25, 0.3) is 0 Å². The molecule has 0 radical (unpaired) electrons. The fourth-order valence-electron chi connectivity index (χ4n) is 3.45. The molecule has 5 nitrogen and oxygen atoms in total. The van der Waals surface area contributed by atoms with Crippen LogP contribution in [-0.2, 0) is 16.6 Å². The molecule has 33 heavy (non-hydrogen) atoms. The van der Waals surface area contributed by atoms with Crippen molar-refractivity contribution in [1.29, 1.82) is 0 Å². The van der Waals surface area contributed by atoms with Crippen molar-refractivity contribution < 1.29 is 13.2 Å². The largest absolute Gasteiger partial charge is 0.352 e. The summed E-state index contributed by atoms with van der Waals surface area (Å²) in [5.41, 5.74) is 2.37. The van der Waals surface area contributed by atoms with Crippen LogP contribution in [0, 0.1) is 6.92 Å². The van der Waals surface area contributed by atoms with Crippen molar-refractivity contribution in [1.82, 2.24) is 5.32 Å². The van der Waals surface area contributed by atoms with Gasteiger partial charge in [0.15, 0.2) is 0 Å². The quantitative estimate of drug-likeness (QED) is 0.361. The van der Waals surface area contributed by atoms with Crippen LogP contribution in [-0.4, -0.2) is 20.9 Å². The highest BCUT2D eigenvalue weighted by Crippen LogP contribution is 2.29. The molecule has 0 aromatic heterocycles. The number of nitrogens with one attached hydrogen (secondary N) is 1. The Balaban J connectivity index is 2.03. The van der Waals surface area contributed by atoms with Crippen LogP contribution in [0.2, 0.25) is 5.02 Å². The van der Waals surface area contributed by atoms with Crippen LogP contribution >= 0.6 is 11.6 Å². The van der Waals surface area contributed by atoms with Gasteiger partial charge < -0.3 is 5.32 Å². The average Bonchev–Trinajstić information content (AvgIpc) is 2.81. The number of halogens is 1. The van der Waals surface area contributed by atoms with Crippen molar-refractivity contribution >= 4 is 33.2 Å². The molecular formula is C26H29ClN2O3S. The third-order valence-electron chi connectivity index (χ3n) is 5.33. The van der Waals surface area contributed by atoms with Gasteiger partial charge in [-0.1, -0.05) is 73.3 Å². The van der Waals surface area contributed by atoms with Crippen molar-refractivity contribution in [2.75, 3.05) is 10.8 Å². The van der Waals surface area contributed by atoms with E-state index in [1.54, 1.807) is 72.8 Å². The van der Waals surface area contributed by atoms with Crippen LogP contribution in [0.4, 0.5) is 5.69 Å². The summed E-state index contributed by atoms with van der Waals surface area (Å²) in [6, 6.07) is 20.5. The lowest BCUT2D eigenvalue weighted by Crippen LogP contribution is -2.33. The van der Waals surface area contributed by atoms with Crippen LogP contribution < -0.4 is 9.62 Å². The van der Waals surface area contributed by atoms with Crippen molar-refractivity contribution in [3.05, 3.63) is 94.5 Å². The Morgan fingerprint density at radius 3 is 2.27 bits per heavy atom. The summed E-state index contributed by atoms with van der Waals surface area (Å²) >= 11 is 6.02. The van der Waals surface area contributed by atoms with Crippen molar-refractivity contribution in [3.63, 3.8) is 0 Å². The lowest BCUT2D eigenvalue weighted by Gasteiger charge is -2.27. The predicted octanol–water partition coefficient (Wildman–Crippen LogP) is 5.96. The Morgan fingerprint density at radius 1 is 0.939 bits per heavy atom. The highest BCUT2D eigenvalue weighted by Gasteiger charge is 2.28. The Kier molecular flexibility index (Phi) is 8.53. The van der Waals surface area contributed by atoms with Gasteiger partial charge in [0.25, 0.3) is 15.9 Å². The number of rotatable bonds is 10. The molecule has 1 N–H and O–H groups in total. The van der Waals surface area contributed by atoms with Gasteiger partial charge >= 0.3 is 0 Å². The summed E-state index contributed by atoms with van der Waals surface area (Å²) in [7, 11) is -3.94.